The molecule has 19 heavy (non-hydrogen) atoms. The van der Waals surface area contributed by atoms with Gasteiger partial charge in [0, 0.05) is 25.4 Å². The van der Waals surface area contributed by atoms with E-state index in [2.05, 4.69) is 0 Å². The van der Waals surface area contributed by atoms with E-state index in [1.807, 2.05) is 16.7 Å². The van der Waals surface area contributed by atoms with Gasteiger partial charge in [-0.05, 0) is 38.4 Å². The SMILES string of the molecule is CC1(C(=O)O)CCCCN1C(=O)N1CCCSCC1. The lowest BCUT2D eigenvalue weighted by Gasteiger charge is -2.43. The van der Waals surface area contributed by atoms with Gasteiger partial charge in [-0.25, -0.2) is 9.59 Å². The van der Waals surface area contributed by atoms with E-state index in [-0.39, 0.29) is 6.03 Å². The van der Waals surface area contributed by atoms with Gasteiger partial charge in [0.25, 0.3) is 0 Å². The number of likely N-dealkylation sites (tertiary alicyclic amines) is 1. The van der Waals surface area contributed by atoms with Crippen LogP contribution in [0.1, 0.15) is 32.6 Å². The Balaban J connectivity index is 2.12. The fourth-order valence-corrected chi connectivity index (χ4v) is 3.64. The monoisotopic (exact) mass is 286 g/mol. The number of hydrogen-bond donors (Lipinski definition) is 1. The maximum Gasteiger partial charge on any atom is 0.329 e. The zero-order valence-corrected chi connectivity index (χ0v) is 12.2. The van der Waals surface area contributed by atoms with Crippen molar-refractivity contribution in [3.8, 4) is 0 Å². The van der Waals surface area contributed by atoms with E-state index in [1.165, 1.54) is 0 Å². The van der Waals surface area contributed by atoms with Crippen molar-refractivity contribution in [2.45, 2.75) is 38.1 Å². The molecule has 2 saturated heterocycles. The first-order valence-electron chi connectivity index (χ1n) is 6.93. The number of hydrogen-bond acceptors (Lipinski definition) is 3. The minimum atomic E-state index is -1.03. The molecule has 2 rings (SSSR count). The van der Waals surface area contributed by atoms with E-state index < -0.39 is 11.5 Å². The van der Waals surface area contributed by atoms with Crippen LogP contribution in [0.2, 0.25) is 0 Å². The molecule has 1 N–H and O–H groups in total. The first kappa shape index (κ1) is 14.5. The van der Waals surface area contributed by atoms with Gasteiger partial charge < -0.3 is 14.9 Å². The summed E-state index contributed by atoms with van der Waals surface area (Å²) in [4.78, 5) is 27.5. The van der Waals surface area contributed by atoms with Crippen LogP contribution in [0.3, 0.4) is 0 Å². The molecule has 2 heterocycles. The van der Waals surface area contributed by atoms with Gasteiger partial charge in [0.05, 0.1) is 0 Å². The molecule has 2 aliphatic heterocycles. The fourth-order valence-electron chi connectivity index (χ4n) is 2.76. The van der Waals surface area contributed by atoms with Crippen molar-refractivity contribution < 1.29 is 14.7 Å². The molecular weight excluding hydrogens is 264 g/mol. The summed E-state index contributed by atoms with van der Waals surface area (Å²) >= 11 is 1.86. The third-order valence-corrected chi connectivity index (χ3v) is 5.12. The van der Waals surface area contributed by atoms with E-state index in [0.29, 0.717) is 13.0 Å². The van der Waals surface area contributed by atoms with Crippen LogP contribution in [0, 0.1) is 0 Å². The Hall–Kier alpha value is -0.910. The molecule has 0 aromatic rings. The second-order valence-corrected chi connectivity index (χ2v) is 6.65. The highest BCUT2D eigenvalue weighted by Crippen LogP contribution is 2.29. The Morgan fingerprint density at radius 3 is 2.63 bits per heavy atom. The number of carboxylic acids is 1. The molecule has 1 unspecified atom stereocenters. The molecule has 0 spiro atoms. The molecule has 108 valence electrons. The summed E-state index contributed by atoms with van der Waals surface area (Å²) in [5, 5.41) is 9.45. The van der Waals surface area contributed by atoms with Gasteiger partial charge in [-0.1, -0.05) is 0 Å². The van der Waals surface area contributed by atoms with Crippen LogP contribution in [0.4, 0.5) is 4.79 Å². The van der Waals surface area contributed by atoms with Crippen molar-refractivity contribution in [3.05, 3.63) is 0 Å². The maximum atomic E-state index is 12.6. The Kier molecular flexibility index (Phi) is 4.60. The van der Waals surface area contributed by atoms with Crippen molar-refractivity contribution in [2.24, 2.45) is 0 Å². The van der Waals surface area contributed by atoms with Crippen molar-refractivity contribution >= 4 is 23.8 Å². The number of amides is 2. The van der Waals surface area contributed by atoms with Crippen LogP contribution in [0.5, 0.6) is 0 Å². The van der Waals surface area contributed by atoms with E-state index >= 15 is 0 Å². The molecular formula is C13H22N2O3S. The van der Waals surface area contributed by atoms with E-state index in [9.17, 15) is 14.7 Å². The van der Waals surface area contributed by atoms with Crippen molar-refractivity contribution in [3.63, 3.8) is 0 Å². The van der Waals surface area contributed by atoms with Gasteiger partial charge in [0.1, 0.15) is 5.54 Å². The molecule has 0 radical (unpaired) electrons. The molecule has 2 fully saturated rings. The Morgan fingerprint density at radius 2 is 1.89 bits per heavy atom. The predicted molar refractivity (Wildman–Crippen MR) is 75.5 cm³/mol. The first-order chi connectivity index (χ1) is 9.05. The van der Waals surface area contributed by atoms with Gasteiger partial charge in [-0.3, -0.25) is 0 Å². The summed E-state index contributed by atoms with van der Waals surface area (Å²) in [6.45, 7) is 3.72. The molecule has 5 nitrogen and oxygen atoms in total. The van der Waals surface area contributed by atoms with Crippen molar-refractivity contribution in [2.75, 3.05) is 31.1 Å². The summed E-state index contributed by atoms with van der Waals surface area (Å²) in [6, 6.07) is -0.0906. The smallest absolute Gasteiger partial charge is 0.329 e. The first-order valence-corrected chi connectivity index (χ1v) is 8.09. The highest BCUT2D eigenvalue weighted by molar-refractivity contribution is 7.99. The van der Waals surface area contributed by atoms with Gasteiger partial charge in [-0.2, -0.15) is 11.8 Å². The van der Waals surface area contributed by atoms with Gasteiger partial charge in [0.2, 0.25) is 0 Å². The lowest BCUT2D eigenvalue weighted by atomic mass is 9.89. The van der Waals surface area contributed by atoms with Gasteiger partial charge >= 0.3 is 12.0 Å². The number of piperidine rings is 1. The highest BCUT2D eigenvalue weighted by atomic mass is 32.2. The highest BCUT2D eigenvalue weighted by Gasteiger charge is 2.45. The van der Waals surface area contributed by atoms with Crippen LogP contribution >= 0.6 is 11.8 Å². The molecule has 0 aromatic carbocycles. The van der Waals surface area contributed by atoms with Crippen molar-refractivity contribution in [1.82, 2.24) is 9.80 Å². The van der Waals surface area contributed by atoms with Crippen LogP contribution in [0.25, 0.3) is 0 Å². The molecule has 2 aliphatic rings. The third kappa shape index (κ3) is 2.99. The van der Waals surface area contributed by atoms with E-state index in [4.69, 9.17) is 0 Å². The summed E-state index contributed by atoms with van der Waals surface area (Å²) in [7, 11) is 0. The Morgan fingerprint density at radius 1 is 1.11 bits per heavy atom. The fraction of sp³-hybridized carbons (Fsp3) is 0.846. The summed E-state index contributed by atoms with van der Waals surface area (Å²) in [6.07, 6.45) is 3.32. The second kappa shape index (κ2) is 6.03. The van der Waals surface area contributed by atoms with Crippen LogP contribution in [-0.2, 0) is 4.79 Å². The quantitative estimate of drug-likeness (QED) is 0.799. The zero-order valence-electron chi connectivity index (χ0n) is 11.4. The number of carbonyl (C=O) groups is 2. The van der Waals surface area contributed by atoms with E-state index in [1.54, 1.807) is 11.8 Å². The predicted octanol–water partition coefficient (Wildman–Crippen LogP) is 1.87. The van der Waals surface area contributed by atoms with Gasteiger partial charge in [-0.15, -0.1) is 0 Å². The molecule has 0 saturated carbocycles. The topological polar surface area (TPSA) is 60.9 Å². The van der Waals surface area contributed by atoms with Crippen molar-refractivity contribution in [1.29, 1.82) is 0 Å². The molecule has 0 bridgehead atoms. The average Bonchev–Trinajstić information content (AvgIpc) is 2.67. The number of rotatable bonds is 1. The zero-order chi connectivity index (χ0) is 13.9. The second-order valence-electron chi connectivity index (χ2n) is 5.42. The van der Waals surface area contributed by atoms with Crippen LogP contribution in [0.15, 0.2) is 0 Å². The van der Waals surface area contributed by atoms with Crippen LogP contribution in [-0.4, -0.2) is 63.6 Å². The summed E-state index contributed by atoms with van der Waals surface area (Å²) in [5.41, 5.74) is -1.03. The molecule has 6 heteroatoms. The number of carboxylic acid groups (broad SMARTS) is 1. The number of aliphatic carboxylic acids is 1. The average molecular weight is 286 g/mol. The summed E-state index contributed by atoms with van der Waals surface area (Å²) in [5.74, 6) is 1.15. The number of carbonyl (C=O) groups excluding carboxylic acids is 1. The normalized spacial score (nSPS) is 28.9. The Bertz CT molecular complexity index is 356. The number of thioether (sulfide) groups is 1. The summed E-state index contributed by atoms with van der Waals surface area (Å²) < 4.78 is 0. The lowest BCUT2D eigenvalue weighted by Crippen LogP contribution is -2.60. The maximum absolute atomic E-state index is 12.6. The molecule has 0 aliphatic carbocycles. The van der Waals surface area contributed by atoms with Crippen LogP contribution < -0.4 is 0 Å². The minimum Gasteiger partial charge on any atom is -0.480 e. The number of urea groups is 1. The Labute approximate surface area is 118 Å². The molecule has 1 atom stereocenters. The van der Waals surface area contributed by atoms with E-state index in [0.717, 1.165) is 43.9 Å². The minimum absolute atomic E-state index is 0.0906. The largest absolute Gasteiger partial charge is 0.480 e. The standard InChI is InChI=1S/C13H22N2O3S/c1-13(11(16)17)5-2-3-7-15(13)12(18)14-6-4-9-19-10-8-14/h2-10H2,1H3,(H,16,17). The third-order valence-electron chi connectivity index (χ3n) is 4.08. The lowest BCUT2D eigenvalue weighted by molar-refractivity contribution is -0.150. The molecule has 0 aromatic heterocycles. The molecule has 2 amide bonds. The number of nitrogens with zero attached hydrogens (tertiary/aromatic N) is 2. The van der Waals surface area contributed by atoms with Gasteiger partial charge in [0.15, 0.2) is 0 Å².